The lowest BCUT2D eigenvalue weighted by molar-refractivity contribution is -0.137. The second kappa shape index (κ2) is 5.23. The van der Waals surface area contributed by atoms with E-state index in [4.69, 9.17) is 0 Å². The minimum atomic E-state index is -4.63. The van der Waals surface area contributed by atoms with Crippen molar-refractivity contribution in [2.45, 2.75) is 18.0 Å². The molecule has 0 aliphatic carbocycles. The molecule has 0 spiro atoms. The van der Waals surface area contributed by atoms with E-state index in [9.17, 15) is 21.6 Å². The van der Waals surface area contributed by atoms with Crippen molar-refractivity contribution in [3.63, 3.8) is 0 Å². The number of hydrogen-bond donors (Lipinski definition) is 2. The predicted molar refractivity (Wildman–Crippen MR) is 79.8 cm³/mol. The molecule has 1 aromatic carbocycles. The Morgan fingerprint density at radius 2 is 2.00 bits per heavy atom. The fourth-order valence-electron chi connectivity index (χ4n) is 2.34. The smallest absolute Gasteiger partial charge is 0.263 e. The molecule has 0 radical (unpaired) electrons. The normalized spacial score (nSPS) is 12.7. The van der Waals surface area contributed by atoms with Gasteiger partial charge in [-0.2, -0.15) is 23.4 Å². The number of anilines is 1. The molecule has 0 saturated carbocycles. The topological polar surface area (TPSA) is 92.7 Å². The van der Waals surface area contributed by atoms with E-state index in [0.29, 0.717) is 22.8 Å². The van der Waals surface area contributed by atoms with Gasteiger partial charge in [0, 0.05) is 7.05 Å². The molecule has 2 heterocycles. The third-order valence-electron chi connectivity index (χ3n) is 3.42. The zero-order valence-electron chi connectivity index (χ0n) is 12.5. The summed E-state index contributed by atoms with van der Waals surface area (Å²) < 4.78 is 66.7. The van der Waals surface area contributed by atoms with Gasteiger partial charge >= 0.3 is 6.18 Å². The minimum Gasteiger partial charge on any atom is -0.263 e. The second-order valence-electron chi connectivity index (χ2n) is 5.14. The molecule has 0 unspecified atom stereocenters. The molecular formula is C13H12F3N5O2S. The van der Waals surface area contributed by atoms with Gasteiger partial charge in [-0.05, 0) is 25.1 Å². The molecular weight excluding hydrogens is 347 g/mol. The van der Waals surface area contributed by atoms with Gasteiger partial charge in [0.05, 0.1) is 21.5 Å². The van der Waals surface area contributed by atoms with Crippen molar-refractivity contribution in [3.05, 3.63) is 35.5 Å². The lowest BCUT2D eigenvalue weighted by Gasteiger charge is -2.10. The van der Waals surface area contributed by atoms with Crippen molar-refractivity contribution in [1.82, 2.24) is 20.0 Å². The zero-order valence-corrected chi connectivity index (χ0v) is 13.3. The third-order valence-corrected chi connectivity index (χ3v) is 4.77. The number of sulfonamides is 1. The first kappa shape index (κ1) is 16.3. The van der Waals surface area contributed by atoms with E-state index in [1.165, 1.54) is 4.68 Å². The number of nitrogens with zero attached hydrogens (tertiary/aromatic N) is 3. The summed E-state index contributed by atoms with van der Waals surface area (Å²) in [5.74, 6) is 0.0491. The molecule has 24 heavy (non-hydrogen) atoms. The maximum absolute atomic E-state index is 12.8. The molecule has 0 bridgehead atoms. The van der Waals surface area contributed by atoms with Crippen molar-refractivity contribution in [2.75, 3.05) is 4.72 Å². The Morgan fingerprint density at radius 1 is 1.29 bits per heavy atom. The van der Waals surface area contributed by atoms with E-state index < -0.39 is 26.7 Å². The van der Waals surface area contributed by atoms with Gasteiger partial charge in [-0.25, -0.2) is 13.1 Å². The predicted octanol–water partition coefficient (Wildman–Crippen LogP) is 2.42. The number of nitrogens with one attached hydrogen (secondary N) is 2. The summed E-state index contributed by atoms with van der Waals surface area (Å²) in [6.45, 7) is 1.67. The molecule has 0 aliphatic rings. The van der Waals surface area contributed by atoms with Crippen LogP contribution in [-0.2, 0) is 23.2 Å². The number of aryl methyl sites for hydroxylation is 2. The Balaban J connectivity index is 2.02. The molecule has 0 atom stereocenters. The molecule has 2 aromatic heterocycles. The highest BCUT2D eigenvalue weighted by molar-refractivity contribution is 7.92. The van der Waals surface area contributed by atoms with Crippen molar-refractivity contribution in [2.24, 2.45) is 7.05 Å². The van der Waals surface area contributed by atoms with E-state index >= 15 is 0 Å². The van der Waals surface area contributed by atoms with Crippen LogP contribution in [0, 0.1) is 6.92 Å². The van der Waals surface area contributed by atoms with Gasteiger partial charge in [0.2, 0.25) is 0 Å². The number of aromatic nitrogens is 4. The van der Waals surface area contributed by atoms with Crippen LogP contribution >= 0.6 is 0 Å². The highest BCUT2D eigenvalue weighted by Gasteiger charge is 2.32. The van der Waals surface area contributed by atoms with Crippen LogP contribution in [0.5, 0.6) is 0 Å². The van der Waals surface area contributed by atoms with Crippen LogP contribution in [0.15, 0.2) is 29.2 Å². The number of benzene rings is 1. The molecule has 11 heteroatoms. The van der Waals surface area contributed by atoms with Gasteiger partial charge in [-0.3, -0.25) is 9.82 Å². The summed E-state index contributed by atoms with van der Waals surface area (Å²) in [7, 11) is -2.58. The largest absolute Gasteiger partial charge is 0.416 e. The van der Waals surface area contributed by atoms with Crippen molar-refractivity contribution in [3.8, 4) is 0 Å². The van der Waals surface area contributed by atoms with Gasteiger partial charge in [-0.15, -0.1) is 0 Å². The van der Waals surface area contributed by atoms with E-state index in [-0.39, 0.29) is 5.82 Å². The molecule has 3 rings (SSSR count). The highest BCUT2D eigenvalue weighted by atomic mass is 32.2. The lowest BCUT2D eigenvalue weighted by atomic mass is 10.2. The van der Waals surface area contributed by atoms with Crippen LogP contribution in [0.4, 0.5) is 19.0 Å². The fourth-order valence-corrected chi connectivity index (χ4v) is 3.41. The van der Waals surface area contributed by atoms with Crippen LogP contribution in [0.25, 0.3) is 11.0 Å². The summed E-state index contributed by atoms with van der Waals surface area (Å²) >= 11 is 0. The Hall–Kier alpha value is -2.56. The number of alkyl halides is 3. The summed E-state index contributed by atoms with van der Waals surface area (Å²) in [6, 6.07) is 3.50. The number of fused-ring (bicyclic) bond motifs is 1. The van der Waals surface area contributed by atoms with Crippen LogP contribution in [0.3, 0.4) is 0 Å². The number of aromatic amines is 1. The Labute approximate surface area is 134 Å². The van der Waals surface area contributed by atoms with E-state index in [1.54, 1.807) is 14.0 Å². The quantitative estimate of drug-likeness (QED) is 0.751. The molecule has 0 saturated heterocycles. The van der Waals surface area contributed by atoms with Crippen molar-refractivity contribution >= 4 is 26.9 Å². The number of rotatable bonds is 3. The van der Waals surface area contributed by atoms with Gasteiger partial charge in [0.1, 0.15) is 5.82 Å². The number of halogens is 3. The fraction of sp³-hybridized carbons (Fsp3) is 0.231. The Kier molecular flexibility index (Phi) is 3.55. The summed E-state index contributed by atoms with van der Waals surface area (Å²) in [4.78, 5) is -0.499. The third kappa shape index (κ3) is 2.70. The maximum Gasteiger partial charge on any atom is 0.416 e. The van der Waals surface area contributed by atoms with Crippen LogP contribution < -0.4 is 4.72 Å². The number of H-pyrrole nitrogens is 1. The monoisotopic (exact) mass is 359 g/mol. The van der Waals surface area contributed by atoms with E-state index in [2.05, 4.69) is 20.0 Å². The molecule has 0 aliphatic heterocycles. The van der Waals surface area contributed by atoms with E-state index in [1.807, 2.05) is 0 Å². The average Bonchev–Trinajstić information content (AvgIpc) is 3.01. The number of hydrogen-bond acceptors (Lipinski definition) is 4. The molecule has 7 nitrogen and oxygen atoms in total. The SMILES string of the molecule is Cc1nn(C)c2n[nH]c(NS(=O)(=O)c3cccc(C(F)(F)F)c3)c12. The van der Waals surface area contributed by atoms with Crippen LogP contribution in [0.2, 0.25) is 0 Å². The van der Waals surface area contributed by atoms with Crippen LogP contribution in [0.1, 0.15) is 11.3 Å². The Bertz CT molecular complexity index is 1020. The summed E-state index contributed by atoms with van der Waals surface area (Å²) in [5.41, 5.74) is -0.0880. The standard InChI is InChI=1S/C13H12F3N5O2S/c1-7-10-11(17-18-12(10)21(2)19-7)20-24(22,23)9-5-3-4-8(6-9)13(14,15)16/h3-6H,1-2H3,(H2,17,18,20). The van der Waals surface area contributed by atoms with E-state index in [0.717, 1.165) is 18.2 Å². The summed E-state index contributed by atoms with van der Waals surface area (Å²) in [6.07, 6.45) is -4.63. The Morgan fingerprint density at radius 3 is 2.67 bits per heavy atom. The van der Waals surface area contributed by atoms with Gasteiger partial charge < -0.3 is 0 Å². The molecule has 2 N–H and O–H groups in total. The van der Waals surface area contributed by atoms with Gasteiger partial charge in [0.25, 0.3) is 10.0 Å². The van der Waals surface area contributed by atoms with Crippen molar-refractivity contribution < 1.29 is 21.6 Å². The van der Waals surface area contributed by atoms with Crippen LogP contribution in [-0.4, -0.2) is 28.4 Å². The summed E-state index contributed by atoms with van der Waals surface area (Å²) in [5, 5.41) is 11.0. The first-order chi connectivity index (χ1) is 11.1. The van der Waals surface area contributed by atoms with Crippen molar-refractivity contribution in [1.29, 1.82) is 0 Å². The minimum absolute atomic E-state index is 0.0491. The lowest BCUT2D eigenvalue weighted by Crippen LogP contribution is -2.15. The maximum atomic E-state index is 12.8. The average molecular weight is 359 g/mol. The zero-order chi connectivity index (χ0) is 17.7. The second-order valence-corrected chi connectivity index (χ2v) is 6.82. The first-order valence-electron chi connectivity index (χ1n) is 6.67. The van der Waals surface area contributed by atoms with Gasteiger partial charge in [0.15, 0.2) is 5.65 Å². The highest BCUT2D eigenvalue weighted by Crippen LogP contribution is 2.31. The molecule has 3 aromatic rings. The molecule has 0 fully saturated rings. The molecule has 0 amide bonds. The van der Waals surface area contributed by atoms with Gasteiger partial charge in [-0.1, -0.05) is 6.07 Å². The molecule has 128 valence electrons. The first-order valence-corrected chi connectivity index (χ1v) is 8.15.